The van der Waals surface area contributed by atoms with Crippen LogP contribution in [0.15, 0.2) is 48.5 Å². The maximum absolute atomic E-state index is 13.1. The summed E-state index contributed by atoms with van der Waals surface area (Å²) in [5.41, 5.74) is 2.01. The van der Waals surface area contributed by atoms with Crippen LogP contribution < -0.4 is 14.4 Å². The average Bonchev–Trinajstić information content (AvgIpc) is 3.03. The smallest absolute Gasteiger partial charge is 0.242 e. The second-order valence-corrected chi connectivity index (χ2v) is 7.97. The number of carbonyl (C=O) groups is 1. The van der Waals surface area contributed by atoms with Crippen LogP contribution in [0.25, 0.3) is 11.4 Å². The molecule has 0 saturated carbocycles. The lowest BCUT2D eigenvalue weighted by Gasteiger charge is -2.24. The Bertz CT molecular complexity index is 1110. The number of hydrogen-bond acceptors (Lipinski definition) is 6. The highest BCUT2D eigenvalue weighted by Gasteiger charge is 2.21. The number of ether oxygens (including phenoxy) is 2. The molecular weight excluding hydrogens is 426 g/mol. The van der Waals surface area contributed by atoms with Crippen LogP contribution in [-0.2, 0) is 11.3 Å². The third-order valence-electron chi connectivity index (χ3n) is 5.69. The first-order valence-corrected chi connectivity index (χ1v) is 11.0. The predicted octanol–water partition coefficient (Wildman–Crippen LogP) is 3.36. The first kappa shape index (κ1) is 21.9. The van der Waals surface area contributed by atoms with Crippen molar-refractivity contribution in [2.45, 2.75) is 13.0 Å². The van der Waals surface area contributed by atoms with Crippen LogP contribution in [0.1, 0.15) is 6.42 Å². The zero-order valence-corrected chi connectivity index (χ0v) is 19.1. The summed E-state index contributed by atoms with van der Waals surface area (Å²) in [6, 6.07) is 15.6. The number of hydrogen-bond donors (Lipinski definition) is 1. The molecule has 32 heavy (non-hydrogen) atoms. The molecule has 3 aromatic rings. The molecule has 4 rings (SSSR count). The van der Waals surface area contributed by atoms with E-state index >= 15 is 0 Å². The highest BCUT2D eigenvalue weighted by atomic mass is 32.1. The summed E-state index contributed by atoms with van der Waals surface area (Å²) in [6.45, 7) is 3.21. The van der Waals surface area contributed by atoms with E-state index in [0.717, 1.165) is 42.3 Å². The Morgan fingerprint density at radius 1 is 0.969 bits per heavy atom. The molecule has 168 valence electrons. The van der Waals surface area contributed by atoms with Gasteiger partial charge in [0.1, 0.15) is 18.0 Å². The lowest BCUT2D eigenvalue weighted by Crippen LogP contribution is -2.37. The summed E-state index contributed by atoms with van der Waals surface area (Å²) < 4.78 is 12.7. The largest absolute Gasteiger partial charge is 0.497 e. The minimum atomic E-state index is 0.0360. The van der Waals surface area contributed by atoms with Gasteiger partial charge in [-0.05, 0) is 67.2 Å². The fraction of sp³-hybridized carbons (Fsp3) is 0.348. The van der Waals surface area contributed by atoms with Crippen molar-refractivity contribution in [2.75, 3.05) is 45.3 Å². The Kier molecular flexibility index (Phi) is 6.75. The second kappa shape index (κ2) is 9.86. The van der Waals surface area contributed by atoms with Gasteiger partial charge in [0.15, 0.2) is 10.6 Å². The average molecular weight is 454 g/mol. The summed E-state index contributed by atoms with van der Waals surface area (Å²) in [5.74, 6) is 2.27. The highest BCUT2D eigenvalue weighted by Crippen LogP contribution is 2.22. The number of amides is 1. The van der Waals surface area contributed by atoms with Crippen LogP contribution in [0.4, 0.5) is 5.69 Å². The van der Waals surface area contributed by atoms with Crippen molar-refractivity contribution in [3.8, 4) is 22.9 Å². The van der Waals surface area contributed by atoms with Gasteiger partial charge < -0.3 is 19.3 Å². The molecule has 0 radical (unpaired) electrons. The number of benzene rings is 2. The molecule has 0 atom stereocenters. The maximum atomic E-state index is 13.1. The number of aromatic nitrogens is 3. The first-order valence-electron chi connectivity index (χ1n) is 10.6. The van der Waals surface area contributed by atoms with Crippen molar-refractivity contribution >= 4 is 23.8 Å². The molecule has 1 saturated heterocycles. The normalized spacial score (nSPS) is 14.2. The molecule has 0 aliphatic carbocycles. The number of nitrogens with one attached hydrogen (secondary N) is 1. The monoisotopic (exact) mass is 453 g/mol. The van der Waals surface area contributed by atoms with Gasteiger partial charge in [-0.3, -0.25) is 14.5 Å². The fourth-order valence-corrected chi connectivity index (χ4v) is 4.07. The zero-order chi connectivity index (χ0) is 22.5. The van der Waals surface area contributed by atoms with Gasteiger partial charge >= 0.3 is 0 Å². The number of carbonyl (C=O) groups excluding carboxylic acids is 1. The Balaban J connectivity index is 1.44. The molecule has 1 amide bonds. The van der Waals surface area contributed by atoms with Gasteiger partial charge in [0.2, 0.25) is 5.91 Å². The second-order valence-electron chi connectivity index (χ2n) is 7.59. The van der Waals surface area contributed by atoms with Crippen molar-refractivity contribution in [3.05, 3.63) is 53.3 Å². The minimum absolute atomic E-state index is 0.0360. The molecule has 1 N–H and O–H groups in total. The van der Waals surface area contributed by atoms with Crippen molar-refractivity contribution in [3.63, 3.8) is 0 Å². The Morgan fingerprint density at radius 3 is 2.28 bits per heavy atom. The number of nitrogens with zero attached hydrogens (tertiary/aromatic N) is 4. The lowest BCUT2D eigenvalue weighted by atomic mass is 10.2. The minimum Gasteiger partial charge on any atom is -0.497 e. The summed E-state index contributed by atoms with van der Waals surface area (Å²) >= 11 is 5.40. The summed E-state index contributed by atoms with van der Waals surface area (Å²) in [6.07, 6.45) is 0.903. The summed E-state index contributed by atoms with van der Waals surface area (Å²) in [7, 11) is 3.29. The quantitative estimate of drug-likeness (QED) is 0.577. The van der Waals surface area contributed by atoms with Gasteiger partial charge in [0.05, 0.1) is 14.2 Å². The van der Waals surface area contributed by atoms with Gasteiger partial charge in [-0.25, -0.2) is 0 Å². The maximum Gasteiger partial charge on any atom is 0.242 e. The molecular formula is C23H27N5O3S. The summed E-state index contributed by atoms with van der Waals surface area (Å²) in [4.78, 5) is 17.4. The molecule has 1 aliphatic rings. The highest BCUT2D eigenvalue weighted by molar-refractivity contribution is 7.71. The molecule has 0 unspecified atom stereocenters. The zero-order valence-electron chi connectivity index (χ0n) is 18.3. The van der Waals surface area contributed by atoms with Crippen LogP contribution >= 0.6 is 12.2 Å². The van der Waals surface area contributed by atoms with Crippen molar-refractivity contribution in [1.29, 1.82) is 0 Å². The van der Waals surface area contributed by atoms with Crippen LogP contribution in [-0.4, -0.2) is 66.0 Å². The van der Waals surface area contributed by atoms with E-state index in [1.54, 1.807) is 18.8 Å². The van der Waals surface area contributed by atoms with E-state index in [0.29, 0.717) is 23.7 Å². The van der Waals surface area contributed by atoms with Crippen molar-refractivity contribution in [2.24, 2.45) is 0 Å². The molecule has 8 nitrogen and oxygen atoms in total. The predicted molar refractivity (Wildman–Crippen MR) is 126 cm³/mol. The molecule has 1 aliphatic heterocycles. The van der Waals surface area contributed by atoms with E-state index < -0.39 is 0 Å². The molecule has 1 aromatic heterocycles. The topological polar surface area (TPSA) is 75.6 Å². The van der Waals surface area contributed by atoms with Gasteiger partial charge in [0.25, 0.3) is 0 Å². The Morgan fingerprint density at radius 2 is 1.62 bits per heavy atom. The van der Waals surface area contributed by atoms with E-state index in [4.69, 9.17) is 21.7 Å². The standard InChI is InChI=1S/C23H27N5O3S/c1-30-19-8-4-17(5-9-19)22-24-25-23(32)28(22)16-21(29)27-13-3-12-26(14-15-27)18-6-10-20(31-2)11-7-18/h4-11H,3,12-16H2,1-2H3,(H,25,32). The number of H-pyrrole nitrogens is 1. The number of anilines is 1. The number of methoxy groups -OCH3 is 2. The van der Waals surface area contributed by atoms with E-state index in [1.807, 2.05) is 41.3 Å². The van der Waals surface area contributed by atoms with Crippen molar-refractivity contribution < 1.29 is 14.3 Å². The third-order valence-corrected chi connectivity index (χ3v) is 6.00. The summed E-state index contributed by atoms with van der Waals surface area (Å²) in [5, 5.41) is 7.16. The number of aromatic amines is 1. The Labute approximate surface area is 192 Å². The van der Waals surface area contributed by atoms with Crippen LogP contribution in [0, 0.1) is 4.77 Å². The van der Waals surface area contributed by atoms with E-state index in [9.17, 15) is 4.79 Å². The van der Waals surface area contributed by atoms with Gasteiger partial charge in [-0.15, -0.1) is 0 Å². The molecule has 1 fully saturated rings. The molecule has 0 bridgehead atoms. The first-order chi connectivity index (χ1) is 15.6. The molecule has 2 aromatic carbocycles. The SMILES string of the molecule is COc1ccc(-c2n[nH]c(=S)n2CC(=O)N2CCCN(c3ccc(OC)cc3)CC2)cc1. The number of rotatable bonds is 6. The van der Waals surface area contributed by atoms with Gasteiger partial charge in [-0.2, -0.15) is 5.10 Å². The fourth-order valence-electron chi connectivity index (χ4n) is 3.88. The Hall–Kier alpha value is -3.33. The van der Waals surface area contributed by atoms with Crippen LogP contribution in [0.3, 0.4) is 0 Å². The third kappa shape index (κ3) is 4.77. The molecule has 9 heteroatoms. The van der Waals surface area contributed by atoms with E-state index in [1.165, 1.54) is 0 Å². The van der Waals surface area contributed by atoms with Crippen LogP contribution in [0.2, 0.25) is 0 Å². The van der Waals surface area contributed by atoms with Gasteiger partial charge in [0, 0.05) is 37.4 Å². The van der Waals surface area contributed by atoms with Crippen LogP contribution in [0.5, 0.6) is 11.5 Å². The van der Waals surface area contributed by atoms with E-state index in [2.05, 4.69) is 27.2 Å². The van der Waals surface area contributed by atoms with Gasteiger partial charge in [-0.1, -0.05) is 0 Å². The molecule has 0 spiro atoms. The van der Waals surface area contributed by atoms with E-state index in [-0.39, 0.29) is 12.5 Å². The molecule has 2 heterocycles. The lowest BCUT2D eigenvalue weighted by molar-refractivity contribution is -0.131. The van der Waals surface area contributed by atoms with Crippen molar-refractivity contribution in [1.82, 2.24) is 19.7 Å².